The summed E-state index contributed by atoms with van der Waals surface area (Å²) in [6.07, 6.45) is 8.75. The molecule has 1 aromatic carbocycles. The van der Waals surface area contributed by atoms with Crippen LogP contribution in [0.15, 0.2) is 40.3 Å². The Bertz CT molecular complexity index is 1480. The number of benzene rings is 1. The van der Waals surface area contributed by atoms with Gasteiger partial charge in [0, 0.05) is 11.5 Å². The Morgan fingerprint density at radius 1 is 1.23 bits per heavy atom. The number of ether oxygens (including phenoxy) is 1. The number of carbonyl (C=O) groups is 1. The number of nitrogens with one attached hydrogen (secondary N) is 1. The number of furan rings is 1. The smallest absolute Gasteiger partial charge is 0.284 e. The van der Waals surface area contributed by atoms with E-state index in [1.807, 2.05) is 6.07 Å². The predicted octanol–water partition coefficient (Wildman–Crippen LogP) is 6.12. The number of rotatable bonds is 8. The molecule has 2 heterocycles. The summed E-state index contributed by atoms with van der Waals surface area (Å²) in [4.78, 5) is 24.0. The van der Waals surface area contributed by atoms with Gasteiger partial charge < -0.3 is 9.15 Å². The molecule has 1 N–H and O–H groups in total. The molecule has 0 saturated heterocycles. The number of carbonyl (C=O) groups excluding carboxylic acids is 1. The van der Waals surface area contributed by atoms with Crippen molar-refractivity contribution in [2.45, 2.75) is 50.9 Å². The molecule has 200 valence electrons. The summed E-state index contributed by atoms with van der Waals surface area (Å²) < 4.78 is 11.1. The fourth-order valence-electron chi connectivity index (χ4n) is 7.02. The van der Waals surface area contributed by atoms with E-state index in [0.29, 0.717) is 17.5 Å². The summed E-state index contributed by atoms with van der Waals surface area (Å²) in [5.74, 6) is 2.53. The van der Waals surface area contributed by atoms with E-state index in [4.69, 9.17) is 9.15 Å². The molecule has 0 radical (unpaired) electrons. The molecule has 4 aliphatic rings. The maximum absolute atomic E-state index is 12.9. The molecule has 0 atom stereocenters. The summed E-state index contributed by atoms with van der Waals surface area (Å²) in [5.41, 5.74) is -0.00639. The molecule has 1 amide bonds. The number of nitrogens with zero attached hydrogens (tertiary/aromatic N) is 4. The lowest BCUT2D eigenvalue weighted by Gasteiger charge is -2.55. The standard InChI is InChI=1S/C28H27N5O5S/c1-2-37-20-3-5-22(23(11-20)33(35)36)24-6-4-21(38-24)10-19(15-29)25(34)30-27-32-31-26(39-27)28-12-16-7-17(13-28)9-18(8-16)14-28/h3-6,10-11,16-18H,2,7-9,12-14H2,1H3,(H,30,32,34)/b19-10-. The fraction of sp³-hybridized carbons (Fsp3) is 0.429. The predicted molar refractivity (Wildman–Crippen MR) is 144 cm³/mol. The van der Waals surface area contributed by atoms with Crippen molar-refractivity contribution < 1.29 is 18.9 Å². The van der Waals surface area contributed by atoms with Crippen molar-refractivity contribution in [3.05, 3.63) is 56.8 Å². The molecule has 4 aliphatic carbocycles. The van der Waals surface area contributed by atoms with Crippen molar-refractivity contribution in [2.24, 2.45) is 17.8 Å². The fourth-order valence-corrected chi connectivity index (χ4v) is 7.98. The van der Waals surface area contributed by atoms with Gasteiger partial charge in [0.25, 0.3) is 11.6 Å². The van der Waals surface area contributed by atoms with E-state index < -0.39 is 10.8 Å². The highest BCUT2D eigenvalue weighted by molar-refractivity contribution is 7.15. The Labute approximate surface area is 228 Å². The van der Waals surface area contributed by atoms with E-state index >= 15 is 0 Å². The summed E-state index contributed by atoms with van der Waals surface area (Å²) in [6, 6.07) is 9.52. The Balaban J connectivity index is 1.18. The van der Waals surface area contributed by atoms with Gasteiger partial charge in [0.05, 0.1) is 23.2 Å². The van der Waals surface area contributed by atoms with Crippen LogP contribution in [-0.2, 0) is 10.2 Å². The van der Waals surface area contributed by atoms with Gasteiger partial charge in [-0.25, -0.2) is 0 Å². The summed E-state index contributed by atoms with van der Waals surface area (Å²) in [5, 5.41) is 34.1. The first kappa shape index (κ1) is 25.2. The van der Waals surface area contributed by atoms with Crippen LogP contribution in [0.3, 0.4) is 0 Å². The molecule has 10 nitrogen and oxygen atoms in total. The van der Waals surface area contributed by atoms with E-state index in [-0.39, 0.29) is 33.8 Å². The van der Waals surface area contributed by atoms with Crippen LogP contribution in [0.4, 0.5) is 10.8 Å². The Kier molecular flexibility index (Phi) is 6.43. The Morgan fingerprint density at radius 2 is 1.95 bits per heavy atom. The number of hydrogen-bond donors (Lipinski definition) is 1. The molecule has 7 rings (SSSR count). The molecule has 11 heteroatoms. The zero-order valence-corrected chi connectivity index (χ0v) is 22.2. The van der Waals surface area contributed by atoms with E-state index in [1.165, 1.54) is 42.7 Å². The monoisotopic (exact) mass is 545 g/mol. The third-order valence-electron chi connectivity index (χ3n) is 8.16. The van der Waals surface area contributed by atoms with E-state index in [1.54, 1.807) is 31.2 Å². The number of amides is 1. The number of nitro benzene ring substituents is 1. The second kappa shape index (κ2) is 9.93. The molecule has 4 bridgehead atoms. The first-order valence-electron chi connectivity index (χ1n) is 13.1. The van der Waals surface area contributed by atoms with Gasteiger partial charge in [-0.3, -0.25) is 20.2 Å². The van der Waals surface area contributed by atoms with E-state index in [9.17, 15) is 20.2 Å². The number of aromatic nitrogens is 2. The first-order valence-corrected chi connectivity index (χ1v) is 14.0. The van der Waals surface area contributed by atoms with E-state index in [2.05, 4.69) is 15.5 Å². The molecular weight excluding hydrogens is 518 g/mol. The molecule has 39 heavy (non-hydrogen) atoms. The third kappa shape index (κ3) is 4.81. The van der Waals surface area contributed by atoms with Gasteiger partial charge in [0.1, 0.15) is 33.9 Å². The Hall–Kier alpha value is -4.04. The van der Waals surface area contributed by atoms with Gasteiger partial charge in [0.2, 0.25) is 5.13 Å². The minimum atomic E-state index is -0.615. The topological polar surface area (TPSA) is 144 Å². The zero-order valence-electron chi connectivity index (χ0n) is 21.4. The molecule has 0 unspecified atom stereocenters. The van der Waals surface area contributed by atoms with Gasteiger partial charge in [0.15, 0.2) is 0 Å². The van der Waals surface area contributed by atoms with Crippen LogP contribution >= 0.6 is 11.3 Å². The number of nitro groups is 1. The largest absolute Gasteiger partial charge is 0.494 e. The van der Waals surface area contributed by atoms with E-state index in [0.717, 1.165) is 42.0 Å². The van der Waals surface area contributed by atoms with Crippen LogP contribution in [0.2, 0.25) is 0 Å². The Morgan fingerprint density at radius 3 is 2.59 bits per heavy atom. The minimum Gasteiger partial charge on any atom is -0.494 e. The highest BCUT2D eigenvalue weighted by Crippen LogP contribution is 2.61. The van der Waals surface area contributed by atoms with Gasteiger partial charge in [-0.2, -0.15) is 5.26 Å². The first-order chi connectivity index (χ1) is 18.9. The summed E-state index contributed by atoms with van der Waals surface area (Å²) in [7, 11) is 0. The molecule has 3 aromatic rings. The molecule has 0 spiro atoms. The maximum Gasteiger partial charge on any atom is 0.284 e. The van der Waals surface area contributed by atoms with Crippen molar-refractivity contribution >= 4 is 34.1 Å². The second-order valence-electron chi connectivity index (χ2n) is 10.8. The van der Waals surface area contributed by atoms with Crippen molar-refractivity contribution in [1.29, 1.82) is 5.26 Å². The van der Waals surface area contributed by atoms with Crippen LogP contribution in [0.25, 0.3) is 17.4 Å². The van der Waals surface area contributed by atoms with Crippen LogP contribution in [0.1, 0.15) is 56.2 Å². The van der Waals surface area contributed by atoms with Crippen LogP contribution in [0.5, 0.6) is 5.75 Å². The SMILES string of the molecule is CCOc1ccc(-c2ccc(/C=C(/C#N)C(=O)Nc3nnc(C45CC6CC(CC(C6)C4)C5)s3)o2)c([N+](=O)[O-])c1. The quantitative estimate of drug-likeness (QED) is 0.154. The molecule has 0 aliphatic heterocycles. The average molecular weight is 546 g/mol. The van der Waals surface area contributed by atoms with Crippen molar-refractivity contribution in [2.75, 3.05) is 11.9 Å². The summed E-state index contributed by atoms with van der Waals surface area (Å²) >= 11 is 1.41. The molecule has 4 saturated carbocycles. The van der Waals surface area contributed by atoms with Gasteiger partial charge >= 0.3 is 0 Å². The van der Waals surface area contributed by atoms with Gasteiger partial charge in [-0.05, 0) is 87.5 Å². The highest BCUT2D eigenvalue weighted by atomic mass is 32.1. The lowest BCUT2D eigenvalue weighted by molar-refractivity contribution is -0.384. The molecule has 2 aromatic heterocycles. The highest BCUT2D eigenvalue weighted by Gasteiger charge is 2.53. The summed E-state index contributed by atoms with van der Waals surface area (Å²) in [6.45, 7) is 2.17. The van der Waals surface area contributed by atoms with Crippen molar-refractivity contribution in [3.63, 3.8) is 0 Å². The minimum absolute atomic E-state index is 0.0807. The van der Waals surface area contributed by atoms with Crippen LogP contribution < -0.4 is 10.1 Å². The van der Waals surface area contributed by atoms with Crippen molar-refractivity contribution in [1.82, 2.24) is 10.2 Å². The lowest BCUT2D eigenvalue weighted by Crippen LogP contribution is -2.48. The number of nitriles is 1. The maximum atomic E-state index is 12.9. The average Bonchev–Trinajstić information content (AvgIpc) is 3.57. The van der Waals surface area contributed by atoms with Crippen LogP contribution in [0, 0.1) is 39.2 Å². The lowest BCUT2D eigenvalue weighted by atomic mass is 9.50. The molecular formula is C28H27N5O5S. The number of hydrogen-bond acceptors (Lipinski definition) is 9. The van der Waals surface area contributed by atoms with Crippen LogP contribution in [-0.4, -0.2) is 27.6 Å². The molecule has 4 fully saturated rings. The van der Waals surface area contributed by atoms with Gasteiger partial charge in [-0.15, -0.1) is 10.2 Å². The number of anilines is 1. The third-order valence-corrected chi connectivity index (χ3v) is 9.24. The normalized spacial score (nSPS) is 25.3. The van der Waals surface area contributed by atoms with Gasteiger partial charge in [-0.1, -0.05) is 11.3 Å². The zero-order chi connectivity index (χ0) is 27.1. The van der Waals surface area contributed by atoms with Crippen molar-refractivity contribution in [3.8, 4) is 23.1 Å². The second-order valence-corrected chi connectivity index (χ2v) is 11.8.